The van der Waals surface area contributed by atoms with Crippen molar-refractivity contribution in [1.82, 2.24) is 4.57 Å². The summed E-state index contributed by atoms with van der Waals surface area (Å²) >= 11 is 1.20. The van der Waals surface area contributed by atoms with Gasteiger partial charge in [-0.25, -0.2) is 14.6 Å². The number of thiazole rings is 1. The van der Waals surface area contributed by atoms with Gasteiger partial charge in [-0.2, -0.15) is 0 Å². The fourth-order valence-corrected chi connectivity index (χ4v) is 5.24. The number of benzene rings is 2. The van der Waals surface area contributed by atoms with E-state index in [1.165, 1.54) is 15.9 Å². The zero-order valence-corrected chi connectivity index (χ0v) is 22.7. The molecule has 1 atom stereocenters. The van der Waals surface area contributed by atoms with Crippen LogP contribution in [0, 0.1) is 0 Å². The van der Waals surface area contributed by atoms with Gasteiger partial charge in [0.05, 0.1) is 42.2 Å². The van der Waals surface area contributed by atoms with E-state index in [0.29, 0.717) is 50.0 Å². The summed E-state index contributed by atoms with van der Waals surface area (Å²) in [6.07, 6.45) is 1.71. The van der Waals surface area contributed by atoms with Crippen molar-refractivity contribution < 1.29 is 33.6 Å². The van der Waals surface area contributed by atoms with Gasteiger partial charge in [0.25, 0.3) is 5.56 Å². The molecule has 2 aromatic carbocycles. The van der Waals surface area contributed by atoms with Crippen molar-refractivity contribution in [3.05, 3.63) is 84.5 Å². The van der Waals surface area contributed by atoms with Gasteiger partial charge in [-0.1, -0.05) is 29.5 Å². The lowest BCUT2D eigenvalue weighted by atomic mass is 9.95. The Morgan fingerprint density at radius 3 is 2.46 bits per heavy atom. The first kappa shape index (κ1) is 27.6. The first-order chi connectivity index (χ1) is 18.8. The lowest BCUT2D eigenvalue weighted by Gasteiger charge is -2.25. The van der Waals surface area contributed by atoms with Crippen LogP contribution in [-0.4, -0.2) is 48.5 Å². The zero-order chi connectivity index (χ0) is 28.1. The van der Waals surface area contributed by atoms with Crippen LogP contribution in [0.4, 0.5) is 0 Å². The van der Waals surface area contributed by atoms with Crippen molar-refractivity contribution in [3.63, 3.8) is 0 Å². The molecule has 0 bridgehead atoms. The minimum Gasteiger partial charge on any atom is -0.493 e. The molecule has 1 N–H and O–H groups in total. The molecular weight excluding hydrogens is 524 g/mol. The molecular formula is C28H28N2O8S. The first-order valence-corrected chi connectivity index (χ1v) is 13.0. The van der Waals surface area contributed by atoms with E-state index in [1.54, 1.807) is 69.5 Å². The highest BCUT2D eigenvalue weighted by Crippen LogP contribution is 2.36. The van der Waals surface area contributed by atoms with Crippen LogP contribution in [0.2, 0.25) is 0 Å². The van der Waals surface area contributed by atoms with Crippen molar-refractivity contribution in [2.45, 2.75) is 26.8 Å². The number of aromatic nitrogens is 1. The molecule has 1 unspecified atom stereocenters. The monoisotopic (exact) mass is 552 g/mol. The summed E-state index contributed by atoms with van der Waals surface area (Å²) in [6.45, 7) is 5.42. The molecule has 0 saturated carbocycles. The number of nitrogens with zero attached hydrogens (tertiary/aromatic N) is 2. The van der Waals surface area contributed by atoms with Crippen LogP contribution in [0.1, 0.15) is 37.9 Å². The first-order valence-electron chi connectivity index (χ1n) is 12.2. The predicted octanol–water partition coefficient (Wildman–Crippen LogP) is 2.67. The number of methoxy groups -OCH3 is 1. The van der Waals surface area contributed by atoms with E-state index in [4.69, 9.17) is 24.1 Å². The molecule has 1 aliphatic rings. The molecule has 3 aromatic rings. The van der Waals surface area contributed by atoms with Crippen LogP contribution < -0.4 is 29.1 Å². The molecule has 10 nitrogen and oxygen atoms in total. The summed E-state index contributed by atoms with van der Waals surface area (Å²) in [5.74, 6) is -0.207. The minimum absolute atomic E-state index is 0.172. The molecule has 1 aliphatic heterocycles. The van der Waals surface area contributed by atoms with E-state index >= 15 is 0 Å². The maximum absolute atomic E-state index is 13.8. The van der Waals surface area contributed by atoms with E-state index in [9.17, 15) is 14.4 Å². The molecule has 39 heavy (non-hydrogen) atoms. The Labute approximate surface area is 228 Å². The lowest BCUT2D eigenvalue weighted by molar-refractivity contribution is -0.140. The average Bonchev–Trinajstić information content (AvgIpc) is 3.21. The number of aliphatic carboxylic acids is 1. The molecule has 2 heterocycles. The molecule has 0 fully saturated rings. The third-order valence-electron chi connectivity index (χ3n) is 5.86. The number of ether oxygens (including phenoxy) is 4. The highest BCUT2D eigenvalue weighted by atomic mass is 32.1. The molecule has 1 aromatic heterocycles. The highest BCUT2D eigenvalue weighted by molar-refractivity contribution is 7.07. The number of carbonyl (C=O) groups is 2. The highest BCUT2D eigenvalue weighted by Gasteiger charge is 2.34. The fraction of sp³-hybridized carbons (Fsp3) is 0.286. The SMILES string of the molecule is CCOC(=O)C1=C(C)N=c2sc(=Cc3ccc(OCC(=O)O)cc3)c(=O)n2C1c1ccc(OC)c(OCC)c1. The van der Waals surface area contributed by atoms with Crippen LogP contribution in [0.25, 0.3) is 6.08 Å². The van der Waals surface area contributed by atoms with E-state index in [2.05, 4.69) is 4.99 Å². The fourth-order valence-electron chi connectivity index (χ4n) is 4.20. The van der Waals surface area contributed by atoms with E-state index < -0.39 is 24.6 Å². The molecule has 11 heteroatoms. The number of allylic oxidation sites excluding steroid dienone is 1. The summed E-state index contributed by atoms with van der Waals surface area (Å²) in [5, 5.41) is 8.79. The van der Waals surface area contributed by atoms with Crippen molar-refractivity contribution >= 4 is 29.4 Å². The Morgan fingerprint density at radius 1 is 1.08 bits per heavy atom. The van der Waals surface area contributed by atoms with Crippen LogP contribution in [-0.2, 0) is 14.3 Å². The van der Waals surface area contributed by atoms with E-state index in [1.807, 2.05) is 6.92 Å². The number of carbonyl (C=O) groups excluding carboxylic acids is 1. The maximum atomic E-state index is 13.8. The summed E-state index contributed by atoms with van der Waals surface area (Å²) < 4.78 is 23.6. The third kappa shape index (κ3) is 5.88. The van der Waals surface area contributed by atoms with Crippen molar-refractivity contribution in [3.8, 4) is 17.2 Å². The molecule has 0 aliphatic carbocycles. The number of rotatable bonds is 10. The Bertz CT molecular complexity index is 1600. The van der Waals surface area contributed by atoms with Gasteiger partial charge in [0.1, 0.15) is 5.75 Å². The van der Waals surface area contributed by atoms with E-state index in [0.717, 1.165) is 0 Å². The van der Waals surface area contributed by atoms with Crippen LogP contribution in [0.15, 0.2) is 63.5 Å². The smallest absolute Gasteiger partial charge is 0.341 e. The average molecular weight is 553 g/mol. The molecule has 0 spiro atoms. The zero-order valence-electron chi connectivity index (χ0n) is 21.9. The largest absolute Gasteiger partial charge is 0.493 e. The molecule has 0 saturated heterocycles. The molecule has 4 rings (SSSR count). The Morgan fingerprint density at radius 2 is 1.82 bits per heavy atom. The number of hydrogen-bond donors (Lipinski definition) is 1. The number of hydrogen-bond acceptors (Lipinski definition) is 9. The van der Waals surface area contributed by atoms with Gasteiger partial charge in [-0.15, -0.1) is 0 Å². The Balaban J connectivity index is 1.85. The predicted molar refractivity (Wildman–Crippen MR) is 144 cm³/mol. The number of esters is 1. The molecule has 0 amide bonds. The summed E-state index contributed by atoms with van der Waals surface area (Å²) in [7, 11) is 1.54. The van der Waals surface area contributed by atoms with Crippen LogP contribution in [0.3, 0.4) is 0 Å². The second-order valence-electron chi connectivity index (χ2n) is 8.40. The summed E-state index contributed by atoms with van der Waals surface area (Å²) in [5.41, 5.74) is 1.76. The van der Waals surface area contributed by atoms with E-state index in [-0.39, 0.29) is 17.7 Å². The lowest BCUT2D eigenvalue weighted by Crippen LogP contribution is -2.40. The van der Waals surface area contributed by atoms with Gasteiger partial charge in [0, 0.05) is 0 Å². The molecule has 0 radical (unpaired) electrons. The van der Waals surface area contributed by atoms with Crippen molar-refractivity contribution in [2.75, 3.05) is 26.9 Å². The van der Waals surface area contributed by atoms with Gasteiger partial charge in [0.15, 0.2) is 22.9 Å². The number of carboxylic acids is 1. The van der Waals surface area contributed by atoms with Crippen molar-refractivity contribution in [1.29, 1.82) is 0 Å². The quantitative estimate of drug-likeness (QED) is 0.381. The minimum atomic E-state index is -1.07. The van der Waals surface area contributed by atoms with Gasteiger partial charge in [0.2, 0.25) is 0 Å². The second-order valence-corrected chi connectivity index (χ2v) is 9.41. The van der Waals surface area contributed by atoms with Crippen LogP contribution in [0.5, 0.6) is 17.2 Å². The van der Waals surface area contributed by atoms with Crippen LogP contribution >= 0.6 is 11.3 Å². The Kier molecular flexibility index (Phi) is 8.50. The van der Waals surface area contributed by atoms with Crippen molar-refractivity contribution in [2.24, 2.45) is 4.99 Å². The third-order valence-corrected chi connectivity index (χ3v) is 6.84. The van der Waals surface area contributed by atoms with Gasteiger partial charge < -0.3 is 24.1 Å². The summed E-state index contributed by atoms with van der Waals surface area (Å²) in [4.78, 5) is 42.6. The second kappa shape index (κ2) is 12.0. The topological polar surface area (TPSA) is 126 Å². The summed E-state index contributed by atoms with van der Waals surface area (Å²) in [6, 6.07) is 11.2. The number of fused-ring (bicyclic) bond motifs is 1. The van der Waals surface area contributed by atoms with Gasteiger partial charge in [-0.3, -0.25) is 9.36 Å². The number of carboxylic acid groups (broad SMARTS) is 1. The Hall–Kier alpha value is -4.38. The molecule has 204 valence electrons. The standard InChI is InChI=1S/C28H28N2O8S/c1-5-36-21-14-18(9-12-20(21)35-4)25-24(27(34)37-6-2)16(3)29-28-30(25)26(33)22(39-28)13-17-7-10-19(11-8-17)38-15-23(31)32/h7-14,25H,5-6,15H2,1-4H3,(H,31,32). The normalized spacial score (nSPS) is 14.9. The maximum Gasteiger partial charge on any atom is 0.341 e. The van der Waals surface area contributed by atoms with Gasteiger partial charge in [-0.05, 0) is 62.2 Å². The van der Waals surface area contributed by atoms with Gasteiger partial charge >= 0.3 is 11.9 Å².